The lowest BCUT2D eigenvalue weighted by Crippen LogP contribution is -2.18. The molecule has 0 saturated heterocycles. The zero-order valence-corrected chi connectivity index (χ0v) is 22.6. The highest BCUT2D eigenvalue weighted by molar-refractivity contribution is 6.35. The van der Waals surface area contributed by atoms with Crippen molar-refractivity contribution in [1.82, 2.24) is 5.43 Å². The number of benzene rings is 4. The van der Waals surface area contributed by atoms with Crippen molar-refractivity contribution in [2.24, 2.45) is 5.10 Å². The Morgan fingerprint density at radius 3 is 2.26 bits per heavy atom. The van der Waals surface area contributed by atoms with Crippen LogP contribution in [-0.4, -0.2) is 19.2 Å². The molecule has 9 heteroatoms. The van der Waals surface area contributed by atoms with Crippen LogP contribution in [0.5, 0.6) is 17.2 Å². The highest BCUT2D eigenvalue weighted by atomic mass is 35.5. The molecule has 194 valence electrons. The molecular weight excluding hydrogens is 547 g/mol. The largest absolute Gasteiger partial charge is 0.493 e. The molecule has 0 saturated carbocycles. The van der Waals surface area contributed by atoms with Gasteiger partial charge >= 0.3 is 0 Å². The molecular formula is C29H23Cl3N2O4. The highest BCUT2D eigenvalue weighted by Gasteiger charge is 2.13. The van der Waals surface area contributed by atoms with Gasteiger partial charge < -0.3 is 14.2 Å². The average Bonchev–Trinajstić information content (AvgIpc) is 2.92. The van der Waals surface area contributed by atoms with Crippen LogP contribution in [0.2, 0.25) is 15.1 Å². The molecule has 0 aliphatic carbocycles. The monoisotopic (exact) mass is 568 g/mol. The van der Waals surface area contributed by atoms with Gasteiger partial charge in [0.25, 0.3) is 5.91 Å². The summed E-state index contributed by atoms with van der Waals surface area (Å²) in [6.45, 7) is 0.472. The number of nitrogens with zero attached hydrogens (tertiary/aromatic N) is 1. The summed E-state index contributed by atoms with van der Waals surface area (Å²) in [7, 11) is 1.55. The van der Waals surface area contributed by atoms with Crippen LogP contribution in [0.4, 0.5) is 0 Å². The first-order valence-corrected chi connectivity index (χ1v) is 12.6. The fourth-order valence-electron chi connectivity index (χ4n) is 3.45. The summed E-state index contributed by atoms with van der Waals surface area (Å²) in [5, 5.41) is 5.73. The molecule has 0 aliphatic rings. The molecule has 0 heterocycles. The molecule has 0 unspecified atom stereocenters. The normalized spacial score (nSPS) is 10.8. The quantitative estimate of drug-likeness (QED) is 0.158. The third kappa shape index (κ3) is 7.19. The number of hydrogen-bond acceptors (Lipinski definition) is 5. The minimum atomic E-state index is -0.425. The molecule has 0 bridgehead atoms. The molecule has 0 aliphatic heterocycles. The molecule has 0 atom stereocenters. The number of ether oxygens (including phenoxy) is 3. The fourth-order valence-corrected chi connectivity index (χ4v) is 4.11. The van der Waals surface area contributed by atoms with E-state index in [4.69, 9.17) is 49.0 Å². The van der Waals surface area contributed by atoms with Crippen LogP contribution < -0.4 is 19.6 Å². The SMILES string of the molecule is COc1cc(/C=N/NC(=O)c2ccccc2OCc2ccc(Cl)cc2Cl)ccc1OCc1ccccc1Cl. The Labute approximate surface area is 235 Å². The van der Waals surface area contributed by atoms with Crippen molar-refractivity contribution in [2.45, 2.75) is 13.2 Å². The van der Waals surface area contributed by atoms with E-state index >= 15 is 0 Å². The van der Waals surface area contributed by atoms with E-state index < -0.39 is 5.91 Å². The van der Waals surface area contributed by atoms with Crippen LogP contribution in [0.25, 0.3) is 0 Å². The number of hydrogen-bond donors (Lipinski definition) is 1. The molecule has 4 aromatic carbocycles. The number of halogens is 3. The summed E-state index contributed by atoms with van der Waals surface area (Å²) < 4.78 is 17.2. The van der Waals surface area contributed by atoms with E-state index in [1.165, 1.54) is 6.21 Å². The third-order valence-electron chi connectivity index (χ3n) is 5.44. The van der Waals surface area contributed by atoms with Gasteiger partial charge in [0.2, 0.25) is 0 Å². The van der Waals surface area contributed by atoms with Gasteiger partial charge in [-0.25, -0.2) is 5.43 Å². The second-order valence-electron chi connectivity index (χ2n) is 8.01. The Hall–Kier alpha value is -3.71. The van der Waals surface area contributed by atoms with E-state index in [1.807, 2.05) is 24.3 Å². The number of para-hydroxylation sites is 1. The molecule has 4 aromatic rings. The van der Waals surface area contributed by atoms with Crippen LogP contribution in [-0.2, 0) is 13.2 Å². The maximum atomic E-state index is 12.8. The lowest BCUT2D eigenvalue weighted by Gasteiger charge is -2.12. The predicted octanol–water partition coefficient (Wildman–Crippen LogP) is 7.58. The van der Waals surface area contributed by atoms with Crippen LogP contribution in [0.15, 0.2) is 90.0 Å². The van der Waals surface area contributed by atoms with Gasteiger partial charge in [-0.3, -0.25) is 4.79 Å². The maximum Gasteiger partial charge on any atom is 0.275 e. The lowest BCUT2D eigenvalue weighted by molar-refractivity contribution is 0.0950. The number of methoxy groups -OCH3 is 1. The molecule has 6 nitrogen and oxygen atoms in total. The van der Waals surface area contributed by atoms with Crippen molar-refractivity contribution in [3.63, 3.8) is 0 Å². The van der Waals surface area contributed by atoms with Gasteiger partial charge in [-0.05, 0) is 54.1 Å². The minimum absolute atomic E-state index is 0.175. The molecule has 0 aromatic heterocycles. The standard InChI is InChI=1S/C29H23Cl3N2O4/c1-36-28-14-19(10-13-27(28)38-17-20-6-2-4-8-24(20)31)16-33-34-29(35)23-7-3-5-9-26(23)37-18-21-11-12-22(30)15-25(21)32/h2-16H,17-18H2,1H3,(H,34,35)/b33-16+. The molecule has 38 heavy (non-hydrogen) atoms. The van der Waals surface area contributed by atoms with Crippen LogP contribution in [0.3, 0.4) is 0 Å². The number of hydrazone groups is 1. The second-order valence-corrected chi connectivity index (χ2v) is 9.26. The number of carbonyl (C=O) groups excluding carboxylic acids is 1. The molecule has 0 radical (unpaired) electrons. The molecule has 4 rings (SSSR count). The van der Waals surface area contributed by atoms with Crippen LogP contribution in [0.1, 0.15) is 27.0 Å². The van der Waals surface area contributed by atoms with Gasteiger partial charge in [0.15, 0.2) is 11.5 Å². The summed E-state index contributed by atoms with van der Waals surface area (Å²) in [4.78, 5) is 12.8. The summed E-state index contributed by atoms with van der Waals surface area (Å²) in [5.74, 6) is 1.05. The Kier molecular flexibility index (Phi) is 9.49. The van der Waals surface area contributed by atoms with Gasteiger partial charge in [0, 0.05) is 26.2 Å². The van der Waals surface area contributed by atoms with E-state index in [1.54, 1.807) is 67.8 Å². The Balaban J connectivity index is 1.38. The van der Waals surface area contributed by atoms with Crippen molar-refractivity contribution in [1.29, 1.82) is 0 Å². The highest BCUT2D eigenvalue weighted by Crippen LogP contribution is 2.29. The first-order chi connectivity index (χ1) is 18.4. The zero-order chi connectivity index (χ0) is 26.9. The number of rotatable bonds is 10. The summed E-state index contributed by atoms with van der Waals surface area (Å²) >= 11 is 18.4. The van der Waals surface area contributed by atoms with Crippen molar-refractivity contribution < 1.29 is 19.0 Å². The molecule has 0 fully saturated rings. The van der Waals surface area contributed by atoms with Gasteiger partial charge in [-0.1, -0.05) is 71.2 Å². The van der Waals surface area contributed by atoms with E-state index in [0.29, 0.717) is 50.1 Å². The van der Waals surface area contributed by atoms with E-state index in [-0.39, 0.29) is 6.61 Å². The van der Waals surface area contributed by atoms with Gasteiger partial charge in [0.1, 0.15) is 19.0 Å². The number of nitrogens with one attached hydrogen (secondary N) is 1. The van der Waals surface area contributed by atoms with Gasteiger partial charge in [-0.2, -0.15) is 5.10 Å². The third-order valence-corrected chi connectivity index (χ3v) is 6.39. The topological polar surface area (TPSA) is 69.2 Å². The minimum Gasteiger partial charge on any atom is -0.493 e. The van der Waals surface area contributed by atoms with Gasteiger partial charge in [0.05, 0.1) is 18.9 Å². The smallest absolute Gasteiger partial charge is 0.275 e. The Morgan fingerprint density at radius 2 is 1.50 bits per heavy atom. The summed E-state index contributed by atoms with van der Waals surface area (Å²) in [6.07, 6.45) is 1.51. The predicted molar refractivity (Wildman–Crippen MR) is 151 cm³/mol. The second kappa shape index (κ2) is 13.2. The van der Waals surface area contributed by atoms with Crippen molar-refractivity contribution in [3.8, 4) is 17.2 Å². The Morgan fingerprint density at radius 1 is 0.789 bits per heavy atom. The number of amides is 1. The van der Waals surface area contributed by atoms with Crippen molar-refractivity contribution >= 4 is 46.9 Å². The molecule has 0 spiro atoms. The first-order valence-electron chi connectivity index (χ1n) is 11.5. The Bertz CT molecular complexity index is 1460. The average molecular weight is 570 g/mol. The molecule has 1 amide bonds. The fraction of sp³-hybridized carbons (Fsp3) is 0.103. The summed E-state index contributed by atoms with van der Waals surface area (Å²) in [6, 6.07) is 24.8. The maximum absolute atomic E-state index is 12.8. The zero-order valence-electron chi connectivity index (χ0n) is 20.3. The van der Waals surface area contributed by atoms with Crippen molar-refractivity contribution in [3.05, 3.63) is 122 Å². The van der Waals surface area contributed by atoms with Crippen LogP contribution in [0, 0.1) is 0 Å². The number of carbonyl (C=O) groups is 1. The van der Waals surface area contributed by atoms with Crippen molar-refractivity contribution in [2.75, 3.05) is 7.11 Å². The van der Waals surface area contributed by atoms with Gasteiger partial charge in [-0.15, -0.1) is 0 Å². The van der Waals surface area contributed by atoms with E-state index in [0.717, 1.165) is 11.1 Å². The molecule has 1 N–H and O–H groups in total. The lowest BCUT2D eigenvalue weighted by atomic mass is 10.2. The van der Waals surface area contributed by atoms with Crippen LogP contribution >= 0.6 is 34.8 Å². The van der Waals surface area contributed by atoms with E-state index in [2.05, 4.69) is 10.5 Å². The van der Waals surface area contributed by atoms with E-state index in [9.17, 15) is 4.79 Å². The summed E-state index contributed by atoms with van der Waals surface area (Å²) in [5.41, 5.74) is 5.18. The first kappa shape index (κ1) is 27.3.